The fourth-order valence-electron chi connectivity index (χ4n) is 2.51. The third kappa shape index (κ3) is 6.21. The Bertz CT molecular complexity index is 679. The van der Waals surface area contributed by atoms with Crippen LogP contribution < -0.4 is 14.8 Å². The Morgan fingerprint density at radius 3 is 2.68 bits per heavy atom. The highest BCUT2D eigenvalue weighted by Crippen LogP contribution is 2.37. The molecule has 0 atom stereocenters. The summed E-state index contributed by atoms with van der Waals surface area (Å²) in [6.07, 6.45) is 3.70. The minimum absolute atomic E-state index is 0.392. The first kappa shape index (κ1) is 20.1. The van der Waals surface area contributed by atoms with Gasteiger partial charge in [0.2, 0.25) is 0 Å². The van der Waals surface area contributed by atoms with Gasteiger partial charge in [-0.1, -0.05) is 49.6 Å². The predicted octanol–water partition coefficient (Wildman–Crippen LogP) is 5.97. The molecule has 0 unspecified atom stereocenters. The summed E-state index contributed by atoms with van der Waals surface area (Å²) in [5, 5.41) is 4.16. The van der Waals surface area contributed by atoms with Crippen molar-refractivity contribution in [2.75, 3.05) is 13.7 Å². The molecule has 0 aliphatic rings. The summed E-state index contributed by atoms with van der Waals surface area (Å²) in [6, 6.07) is 11.8. The minimum atomic E-state index is 0.392. The third-order valence-electron chi connectivity index (χ3n) is 3.91. The standard InChI is InChI=1S/C20H25BrClNO2/c1-3-4-7-10-23-13-15-11-17(21)20(19(12-15)24-2)25-14-16-8-5-6-9-18(16)22/h5-6,8-9,11-12,23H,3-4,7,10,13-14H2,1-2H3. The molecule has 0 radical (unpaired) electrons. The van der Waals surface area contributed by atoms with Gasteiger partial charge in [0.05, 0.1) is 11.6 Å². The molecule has 0 saturated carbocycles. The maximum absolute atomic E-state index is 6.19. The van der Waals surface area contributed by atoms with Crippen LogP contribution in [0.15, 0.2) is 40.9 Å². The molecule has 1 N–H and O–H groups in total. The first-order valence-electron chi connectivity index (χ1n) is 8.59. The number of rotatable bonds is 10. The number of nitrogens with one attached hydrogen (secondary N) is 1. The van der Waals surface area contributed by atoms with Crippen LogP contribution in [0.5, 0.6) is 11.5 Å². The second kappa shape index (κ2) is 10.7. The molecular formula is C20H25BrClNO2. The van der Waals surface area contributed by atoms with E-state index >= 15 is 0 Å². The van der Waals surface area contributed by atoms with Crippen LogP contribution in [0.25, 0.3) is 0 Å². The van der Waals surface area contributed by atoms with Crippen molar-refractivity contribution in [2.24, 2.45) is 0 Å². The molecule has 25 heavy (non-hydrogen) atoms. The van der Waals surface area contributed by atoms with Gasteiger partial charge in [0.25, 0.3) is 0 Å². The van der Waals surface area contributed by atoms with Crippen LogP contribution >= 0.6 is 27.5 Å². The lowest BCUT2D eigenvalue weighted by Crippen LogP contribution is -2.14. The highest BCUT2D eigenvalue weighted by atomic mass is 79.9. The van der Waals surface area contributed by atoms with Crippen molar-refractivity contribution in [3.05, 3.63) is 57.0 Å². The van der Waals surface area contributed by atoms with E-state index in [-0.39, 0.29) is 0 Å². The van der Waals surface area contributed by atoms with Crippen LogP contribution in [-0.4, -0.2) is 13.7 Å². The second-order valence-corrected chi connectivity index (χ2v) is 7.13. The minimum Gasteiger partial charge on any atom is -0.493 e. The molecule has 0 amide bonds. The average molecular weight is 427 g/mol. The molecule has 2 rings (SSSR count). The van der Waals surface area contributed by atoms with E-state index in [9.17, 15) is 0 Å². The fraction of sp³-hybridized carbons (Fsp3) is 0.400. The first-order valence-corrected chi connectivity index (χ1v) is 9.76. The zero-order valence-corrected chi connectivity index (χ0v) is 17.1. The summed E-state index contributed by atoms with van der Waals surface area (Å²) in [5.41, 5.74) is 2.10. The second-order valence-electron chi connectivity index (χ2n) is 5.87. The molecule has 0 fully saturated rings. The molecule has 2 aromatic carbocycles. The third-order valence-corrected chi connectivity index (χ3v) is 4.86. The molecule has 3 nitrogen and oxygen atoms in total. The largest absolute Gasteiger partial charge is 0.493 e. The first-order chi connectivity index (χ1) is 12.2. The van der Waals surface area contributed by atoms with Gasteiger partial charge in [-0.2, -0.15) is 0 Å². The number of hydrogen-bond donors (Lipinski definition) is 1. The van der Waals surface area contributed by atoms with Gasteiger partial charge in [-0.05, 0) is 52.7 Å². The molecule has 0 aliphatic heterocycles. The Hall–Kier alpha value is -1.23. The number of benzene rings is 2. The van der Waals surface area contributed by atoms with Gasteiger partial charge >= 0.3 is 0 Å². The van der Waals surface area contributed by atoms with Gasteiger partial charge in [-0.3, -0.25) is 0 Å². The summed E-state index contributed by atoms with van der Waals surface area (Å²) in [5.74, 6) is 1.41. The highest BCUT2D eigenvalue weighted by Gasteiger charge is 2.12. The highest BCUT2D eigenvalue weighted by molar-refractivity contribution is 9.10. The summed E-state index contributed by atoms with van der Waals surface area (Å²) < 4.78 is 12.4. The molecule has 0 heterocycles. The van der Waals surface area contributed by atoms with E-state index in [0.29, 0.717) is 23.1 Å². The molecule has 2 aromatic rings. The fourth-order valence-corrected chi connectivity index (χ4v) is 3.31. The summed E-state index contributed by atoms with van der Waals surface area (Å²) in [7, 11) is 1.66. The van der Waals surface area contributed by atoms with Crippen molar-refractivity contribution in [1.82, 2.24) is 5.32 Å². The number of ether oxygens (including phenoxy) is 2. The lowest BCUT2D eigenvalue weighted by Gasteiger charge is -2.15. The topological polar surface area (TPSA) is 30.5 Å². The number of methoxy groups -OCH3 is 1. The quantitative estimate of drug-likeness (QED) is 0.475. The van der Waals surface area contributed by atoms with Crippen molar-refractivity contribution < 1.29 is 9.47 Å². The normalized spacial score (nSPS) is 10.7. The van der Waals surface area contributed by atoms with Crippen LogP contribution in [0, 0.1) is 0 Å². The van der Waals surface area contributed by atoms with Crippen LogP contribution in [0.1, 0.15) is 37.3 Å². The van der Waals surface area contributed by atoms with Crippen LogP contribution in [0.2, 0.25) is 5.02 Å². The van der Waals surface area contributed by atoms with Gasteiger partial charge in [0.15, 0.2) is 11.5 Å². The molecule has 136 valence electrons. The van der Waals surface area contributed by atoms with E-state index in [0.717, 1.165) is 28.7 Å². The van der Waals surface area contributed by atoms with E-state index in [2.05, 4.69) is 34.2 Å². The van der Waals surface area contributed by atoms with Gasteiger partial charge < -0.3 is 14.8 Å². The predicted molar refractivity (Wildman–Crippen MR) is 108 cm³/mol. The maximum atomic E-state index is 6.19. The van der Waals surface area contributed by atoms with Gasteiger partial charge in [0, 0.05) is 17.1 Å². The van der Waals surface area contributed by atoms with Crippen LogP contribution in [0.4, 0.5) is 0 Å². The summed E-state index contributed by atoms with van der Waals surface area (Å²) >= 11 is 9.79. The summed E-state index contributed by atoms with van der Waals surface area (Å²) in [4.78, 5) is 0. The van der Waals surface area contributed by atoms with E-state index in [1.54, 1.807) is 7.11 Å². The molecule has 5 heteroatoms. The van der Waals surface area contributed by atoms with Crippen molar-refractivity contribution in [3.63, 3.8) is 0 Å². The molecular weight excluding hydrogens is 402 g/mol. The Labute approximate surface area is 163 Å². The van der Waals surface area contributed by atoms with Crippen molar-refractivity contribution >= 4 is 27.5 Å². The lowest BCUT2D eigenvalue weighted by atomic mass is 10.2. The zero-order valence-electron chi connectivity index (χ0n) is 14.8. The lowest BCUT2D eigenvalue weighted by molar-refractivity contribution is 0.282. The SMILES string of the molecule is CCCCCNCc1cc(Br)c(OCc2ccccc2Cl)c(OC)c1. The molecule has 0 aromatic heterocycles. The molecule has 0 spiro atoms. The van der Waals surface area contributed by atoms with Gasteiger partial charge in [0.1, 0.15) is 6.61 Å². The molecule has 0 saturated heterocycles. The summed E-state index contributed by atoms with van der Waals surface area (Å²) in [6.45, 7) is 4.44. The Balaban J connectivity index is 2.02. The van der Waals surface area contributed by atoms with Gasteiger partial charge in [-0.25, -0.2) is 0 Å². The Kier molecular flexibility index (Phi) is 8.59. The van der Waals surface area contributed by atoms with Gasteiger partial charge in [-0.15, -0.1) is 0 Å². The van der Waals surface area contributed by atoms with Crippen LogP contribution in [0.3, 0.4) is 0 Å². The number of halogens is 2. The zero-order chi connectivity index (χ0) is 18.1. The van der Waals surface area contributed by atoms with E-state index < -0.39 is 0 Å². The van der Waals surface area contributed by atoms with Crippen LogP contribution in [-0.2, 0) is 13.2 Å². The Morgan fingerprint density at radius 1 is 1.16 bits per heavy atom. The van der Waals surface area contributed by atoms with E-state index in [4.69, 9.17) is 21.1 Å². The average Bonchev–Trinajstić information content (AvgIpc) is 2.61. The van der Waals surface area contributed by atoms with Crippen molar-refractivity contribution in [1.29, 1.82) is 0 Å². The number of unbranched alkanes of at least 4 members (excludes halogenated alkanes) is 2. The smallest absolute Gasteiger partial charge is 0.175 e. The van der Waals surface area contributed by atoms with E-state index in [1.165, 1.54) is 19.3 Å². The molecule has 0 aliphatic carbocycles. The van der Waals surface area contributed by atoms with E-state index in [1.807, 2.05) is 30.3 Å². The van der Waals surface area contributed by atoms with Crippen molar-refractivity contribution in [2.45, 2.75) is 39.3 Å². The maximum Gasteiger partial charge on any atom is 0.175 e. The monoisotopic (exact) mass is 425 g/mol. The molecule has 0 bridgehead atoms. The number of hydrogen-bond acceptors (Lipinski definition) is 3. The Morgan fingerprint density at radius 2 is 1.96 bits per heavy atom. The van der Waals surface area contributed by atoms with Crippen molar-refractivity contribution in [3.8, 4) is 11.5 Å².